The summed E-state index contributed by atoms with van der Waals surface area (Å²) in [6.45, 7) is 6.72. The first-order valence-corrected chi connectivity index (χ1v) is 9.61. The lowest BCUT2D eigenvalue weighted by Gasteiger charge is -2.16. The SMILES string of the molecule is CCc1ccc([C@H](C)NS(=O)(=O)CC[C@H](C)CCOC)cc1. The Labute approximate surface area is 135 Å². The summed E-state index contributed by atoms with van der Waals surface area (Å²) in [4.78, 5) is 0. The second-order valence-electron chi connectivity index (χ2n) is 5.93. The predicted molar refractivity (Wildman–Crippen MR) is 91.4 cm³/mol. The Kier molecular flexibility index (Phi) is 8.07. The van der Waals surface area contributed by atoms with E-state index >= 15 is 0 Å². The maximum Gasteiger partial charge on any atom is 0.212 e. The van der Waals surface area contributed by atoms with E-state index in [0.29, 0.717) is 18.9 Å². The first-order valence-electron chi connectivity index (χ1n) is 7.95. The van der Waals surface area contributed by atoms with Gasteiger partial charge in [-0.15, -0.1) is 0 Å². The number of methoxy groups -OCH3 is 1. The minimum Gasteiger partial charge on any atom is -0.385 e. The van der Waals surface area contributed by atoms with E-state index in [0.717, 1.165) is 18.4 Å². The van der Waals surface area contributed by atoms with Gasteiger partial charge in [0.1, 0.15) is 0 Å². The molecule has 0 heterocycles. The van der Waals surface area contributed by atoms with Crippen LogP contribution in [0, 0.1) is 5.92 Å². The van der Waals surface area contributed by atoms with E-state index in [1.165, 1.54) is 5.56 Å². The van der Waals surface area contributed by atoms with E-state index in [2.05, 4.69) is 18.6 Å². The van der Waals surface area contributed by atoms with E-state index in [-0.39, 0.29) is 11.8 Å². The molecule has 0 fully saturated rings. The molecule has 0 amide bonds. The molecule has 0 saturated carbocycles. The van der Waals surface area contributed by atoms with Gasteiger partial charge in [0, 0.05) is 19.8 Å². The van der Waals surface area contributed by atoms with Crippen molar-refractivity contribution in [3.63, 3.8) is 0 Å². The van der Waals surface area contributed by atoms with Gasteiger partial charge in [-0.25, -0.2) is 13.1 Å². The number of ether oxygens (including phenoxy) is 1. The zero-order valence-electron chi connectivity index (χ0n) is 14.1. The summed E-state index contributed by atoms with van der Waals surface area (Å²) in [5, 5.41) is 0. The first-order chi connectivity index (χ1) is 10.4. The van der Waals surface area contributed by atoms with Crippen molar-refractivity contribution in [3.05, 3.63) is 35.4 Å². The normalized spacial score (nSPS) is 14.7. The maximum atomic E-state index is 12.2. The van der Waals surface area contributed by atoms with Crippen LogP contribution in [0.5, 0.6) is 0 Å². The third kappa shape index (κ3) is 6.90. The zero-order valence-corrected chi connectivity index (χ0v) is 14.9. The third-order valence-electron chi connectivity index (χ3n) is 3.94. The number of hydrogen-bond acceptors (Lipinski definition) is 3. The van der Waals surface area contributed by atoms with Crippen LogP contribution < -0.4 is 4.72 Å². The second-order valence-corrected chi connectivity index (χ2v) is 7.80. The van der Waals surface area contributed by atoms with Crippen molar-refractivity contribution < 1.29 is 13.2 Å². The number of aryl methyl sites for hydroxylation is 1. The average molecular weight is 327 g/mol. The minimum absolute atomic E-state index is 0.162. The largest absolute Gasteiger partial charge is 0.385 e. The van der Waals surface area contributed by atoms with Gasteiger partial charge in [0.25, 0.3) is 0 Å². The van der Waals surface area contributed by atoms with Crippen molar-refractivity contribution in [1.29, 1.82) is 0 Å². The Hall–Kier alpha value is -0.910. The topological polar surface area (TPSA) is 55.4 Å². The van der Waals surface area contributed by atoms with Gasteiger partial charge >= 0.3 is 0 Å². The Bertz CT molecular complexity index is 525. The van der Waals surface area contributed by atoms with Crippen LogP contribution in [0.2, 0.25) is 0 Å². The van der Waals surface area contributed by atoms with Crippen LogP contribution in [-0.4, -0.2) is 27.9 Å². The average Bonchev–Trinajstić information content (AvgIpc) is 2.50. The van der Waals surface area contributed by atoms with Crippen molar-refractivity contribution in [1.82, 2.24) is 4.72 Å². The van der Waals surface area contributed by atoms with Crippen LogP contribution in [0.25, 0.3) is 0 Å². The molecule has 0 bridgehead atoms. The van der Waals surface area contributed by atoms with Crippen LogP contribution in [-0.2, 0) is 21.2 Å². The minimum atomic E-state index is -3.26. The monoisotopic (exact) mass is 327 g/mol. The molecule has 1 aromatic rings. The van der Waals surface area contributed by atoms with E-state index < -0.39 is 10.0 Å². The Morgan fingerprint density at radius 3 is 2.32 bits per heavy atom. The molecule has 4 nitrogen and oxygen atoms in total. The van der Waals surface area contributed by atoms with E-state index in [1.807, 2.05) is 31.2 Å². The summed E-state index contributed by atoms with van der Waals surface area (Å²) in [6.07, 6.45) is 2.53. The molecule has 2 atom stereocenters. The quantitative estimate of drug-likeness (QED) is 0.717. The highest BCUT2D eigenvalue weighted by molar-refractivity contribution is 7.89. The summed E-state index contributed by atoms with van der Waals surface area (Å²) in [5.41, 5.74) is 2.25. The van der Waals surface area contributed by atoms with Crippen LogP contribution in [0.3, 0.4) is 0 Å². The van der Waals surface area contributed by atoms with Gasteiger partial charge in [0.15, 0.2) is 0 Å². The molecule has 0 saturated heterocycles. The molecule has 0 unspecified atom stereocenters. The molecule has 0 aromatic heterocycles. The highest BCUT2D eigenvalue weighted by Crippen LogP contribution is 2.16. The predicted octanol–water partition coefficient (Wildman–Crippen LogP) is 3.29. The van der Waals surface area contributed by atoms with Gasteiger partial charge in [-0.1, -0.05) is 38.1 Å². The lowest BCUT2D eigenvalue weighted by molar-refractivity contribution is 0.179. The van der Waals surface area contributed by atoms with Crippen LogP contribution in [0.15, 0.2) is 24.3 Å². The number of benzene rings is 1. The van der Waals surface area contributed by atoms with Gasteiger partial charge in [0.2, 0.25) is 10.0 Å². The zero-order chi connectivity index (χ0) is 16.6. The van der Waals surface area contributed by atoms with Gasteiger partial charge in [-0.05, 0) is 43.2 Å². The molecule has 1 aromatic carbocycles. The van der Waals surface area contributed by atoms with E-state index in [9.17, 15) is 8.42 Å². The molecule has 5 heteroatoms. The molecule has 0 aliphatic carbocycles. The molecular weight excluding hydrogens is 298 g/mol. The third-order valence-corrected chi connectivity index (χ3v) is 5.42. The van der Waals surface area contributed by atoms with Crippen LogP contribution in [0.1, 0.15) is 50.8 Å². The van der Waals surface area contributed by atoms with Crippen molar-refractivity contribution in [2.75, 3.05) is 19.5 Å². The number of hydrogen-bond donors (Lipinski definition) is 1. The Morgan fingerprint density at radius 1 is 1.14 bits per heavy atom. The molecule has 0 spiro atoms. The summed E-state index contributed by atoms with van der Waals surface area (Å²) >= 11 is 0. The van der Waals surface area contributed by atoms with Gasteiger partial charge in [-0.3, -0.25) is 0 Å². The molecule has 22 heavy (non-hydrogen) atoms. The number of rotatable bonds is 10. The van der Waals surface area contributed by atoms with Crippen molar-refractivity contribution in [3.8, 4) is 0 Å². The molecule has 0 aliphatic rings. The standard InChI is InChI=1S/C17H29NO3S/c1-5-16-6-8-17(9-7-16)15(3)18-22(19,20)13-11-14(2)10-12-21-4/h6-9,14-15,18H,5,10-13H2,1-4H3/t14-,15+/m1/s1. The molecule has 126 valence electrons. The highest BCUT2D eigenvalue weighted by Gasteiger charge is 2.17. The van der Waals surface area contributed by atoms with Gasteiger partial charge < -0.3 is 4.74 Å². The number of sulfonamides is 1. The molecule has 0 aliphatic heterocycles. The molecule has 1 N–H and O–H groups in total. The Balaban J connectivity index is 2.51. The van der Waals surface area contributed by atoms with Crippen molar-refractivity contribution >= 4 is 10.0 Å². The van der Waals surface area contributed by atoms with Gasteiger partial charge in [0.05, 0.1) is 5.75 Å². The second kappa shape index (κ2) is 9.28. The van der Waals surface area contributed by atoms with E-state index in [1.54, 1.807) is 7.11 Å². The molecule has 1 rings (SSSR count). The summed E-state index contributed by atoms with van der Waals surface area (Å²) in [6, 6.07) is 7.88. The summed E-state index contributed by atoms with van der Waals surface area (Å²) in [5.74, 6) is 0.505. The van der Waals surface area contributed by atoms with Crippen LogP contribution >= 0.6 is 0 Å². The lowest BCUT2D eigenvalue weighted by atomic mass is 10.1. The van der Waals surface area contributed by atoms with Crippen molar-refractivity contribution in [2.45, 2.75) is 46.1 Å². The lowest BCUT2D eigenvalue weighted by Crippen LogP contribution is -2.29. The molecule has 0 radical (unpaired) electrons. The fraction of sp³-hybridized carbons (Fsp3) is 0.647. The van der Waals surface area contributed by atoms with E-state index in [4.69, 9.17) is 4.74 Å². The Morgan fingerprint density at radius 2 is 1.77 bits per heavy atom. The maximum absolute atomic E-state index is 12.2. The molecular formula is C17H29NO3S. The number of nitrogens with one attached hydrogen (secondary N) is 1. The summed E-state index contributed by atoms with van der Waals surface area (Å²) < 4.78 is 32.1. The highest BCUT2D eigenvalue weighted by atomic mass is 32.2. The fourth-order valence-electron chi connectivity index (χ4n) is 2.26. The van der Waals surface area contributed by atoms with Gasteiger partial charge in [-0.2, -0.15) is 0 Å². The van der Waals surface area contributed by atoms with Crippen molar-refractivity contribution in [2.24, 2.45) is 5.92 Å². The first kappa shape index (κ1) is 19.1. The smallest absolute Gasteiger partial charge is 0.212 e. The fourth-order valence-corrected chi connectivity index (χ4v) is 3.76. The van der Waals surface area contributed by atoms with Crippen LogP contribution in [0.4, 0.5) is 0 Å². The summed E-state index contributed by atoms with van der Waals surface area (Å²) in [7, 11) is -1.59.